The van der Waals surface area contributed by atoms with E-state index in [1.54, 1.807) is 11.8 Å². The molecule has 0 radical (unpaired) electrons. The number of aliphatic carboxylic acids is 1. The molecule has 0 unspecified atom stereocenters. The van der Waals surface area contributed by atoms with Crippen LogP contribution in [0.15, 0.2) is 59.5 Å². The van der Waals surface area contributed by atoms with E-state index in [1.807, 2.05) is 42.5 Å². The van der Waals surface area contributed by atoms with Gasteiger partial charge in [-0.05, 0) is 17.2 Å². The second-order valence-electron chi connectivity index (χ2n) is 3.95. The van der Waals surface area contributed by atoms with Gasteiger partial charge >= 0.3 is 5.97 Å². The molecular weight excluding hydrogens is 244 g/mol. The molecule has 0 amide bonds. The lowest BCUT2D eigenvalue weighted by molar-refractivity contribution is -0.136. The van der Waals surface area contributed by atoms with E-state index in [4.69, 9.17) is 5.11 Å². The molecule has 0 atom stereocenters. The number of benzene rings is 2. The molecule has 2 aromatic rings. The van der Waals surface area contributed by atoms with Crippen molar-refractivity contribution in [2.45, 2.75) is 17.1 Å². The van der Waals surface area contributed by atoms with Crippen LogP contribution in [0.5, 0.6) is 0 Å². The van der Waals surface area contributed by atoms with Gasteiger partial charge in [0.15, 0.2) is 0 Å². The maximum Gasteiger partial charge on any atom is 0.307 e. The third-order valence-electron chi connectivity index (χ3n) is 2.55. The number of hydrogen-bond acceptors (Lipinski definition) is 2. The lowest BCUT2D eigenvalue weighted by Crippen LogP contribution is -2.01. The van der Waals surface area contributed by atoms with Crippen LogP contribution < -0.4 is 0 Å². The summed E-state index contributed by atoms with van der Waals surface area (Å²) in [5.74, 6) is 0.0695. The predicted octanol–water partition coefficient (Wildman–Crippen LogP) is 3.61. The fourth-order valence-electron chi connectivity index (χ4n) is 1.69. The van der Waals surface area contributed by atoms with Crippen molar-refractivity contribution in [3.63, 3.8) is 0 Å². The van der Waals surface area contributed by atoms with E-state index in [9.17, 15) is 4.79 Å². The molecule has 18 heavy (non-hydrogen) atoms. The second-order valence-corrected chi connectivity index (χ2v) is 4.97. The minimum Gasteiger partial charge on any atom is -0.481 e. The van der Waals surface area contributed by atoms with Crippen molar-refractivity contribution in [2.24, 2.45) is 0 Å². The Balaban J connectivity index is 2.07. The molecule has 0 saturated carbocycles. The van der Waals surface area contributed by atoms with E-state index in [0.29, 0.717) is 0 Å². The molecule has 2 nitrogen and oxygen atoms in total. The summed E-state index contributed by atoms with van der Waals surface area (Å²) in [6, 6.07) is 17.8. The standard InChI is InChI=1S/C15H14O2S/c16-15(17)10-13-8-4-5-9-14(13)18-11-12-6-2-1-3-7-12/h1-9H,10-11H2,(H,16,17). The van der Waals surface area contributed by atoms with Crippen LogP contribution >= 0.6 is 11.8 Å². The lowest BCUT2D eigenvalue weighted by atomic mass is 10.1. The van der Waals surface area contributed by atoms with Crippen molar-refractivity contribution in [1.82, 2.24) is 0 Å². The Morgan fingerprint density at radius 3 is 2.39 bits per heavy atom. The highest BCUT2D eigenvalue weighted by atomic mass is 32.2. The molecule has 0 saturated heterocycles. The van der Waals surface area contributed by atoms with Crippen LogP contribution in [0.25, 0.3) is 0 Å². The molecule has 2 rings (SSSR count). The van der Waals surface area contributed by atoms with Gasteiger partial charge in [-0.1, -0.05) is 48.5 Å². The molecule has 2 aromatic carbocycles. The van der Waals surface area contributed by atoms with Gasteiger partial charge in [-0.2, -0.15) is 0 Å². The van der Waals surface area contributed by atoms with E-state index in [0.717, 1.165) is 16.2 Å². The summed E-state index contributed by atoms with van der Waals surface area (Å²) in [6.45, 7) is 0. The van der Waals surface area contributed by atoms with Gasteiger partial charge < -0.3 is 5.11 Å². The first kappa shape index (κ1) is 12.7. The first-order valence-electron chi connectivity index (χ1n) is 5.72. The molecule has 3 heteroatoms. The molecular formula is C15H14O2S. The maximum absolute atomic E-state index is 10.8. The first-order valence-corrected chi connectivity index (χ1v) is 6.70. The van der Waals surface area contributed by atoms with Gasteiger partial charge in [0.1, 0.15) is 0 Å². The lowest BCUT2D eigenvalue weighted by Gasteiger charge is -2.07. The monoisotopic (exact) mass is 258 g/mol. The van der Waals surface area contributed by atoms with Crippen molar-refractivity contribution in [3.05, 3.63) is 65.7 Å². The van der Waals surface area contributed by atoms with Crippen molar-refractivity contribution < 1.29 is 9.90 Å². The summed E-state index contributed by atoms with van der Waals surface area (Å²) in [4.78, 5) is 11.8. The fourth-order valence-corrected chi connectivity index (χ4v) is 2.70. The van der Waals surface area contributed by atoms with Crippen LogP contribution in [0.2, 0.25) is 0 Å². The van der Waals surface area contributed by atoms with Crippen LogP contribution in [0.1, 0.15) is 11.1 Å². The molecule has 0 aliphatic rings. The number of hydrogen-bond donors (Lipinski definition) is 1. The highest BCUT2D eigenvalue weighted by Crippen LogP contribution is 2.26. The predicted molar refractivity (Wildman–Crippen MR) is 73.8 cm³/mol. The topological polar surface area (TPSA) is 37.3 Å². The Labute approximate surface area is 111 Å². The Morgan fingerprint density at radius 1 is 1.00 bits per heavy atom. The number of carboxylic acid groups (broad SMARTS) is 1. The van der Waals surface area contributed by atoms with Crippen molar-refractivity contribution in [3.8, 4) is 0 Å². The summed E-state index contributed by atoms with van der Waals surface area (Å²) in [5.41, 5.74) is 2.12. The molecule has 0 spiro atoms. The van der Waals surface area contributed by atoms with E-state index in [-0.39, 0.29) is 6.42 Å². The minimum absolute atomic E-state index is 0.0813. The third kappa shape index (κ3) is 3.64. The van der Waals surface area contributed by atoms with Crippen LogP contribution in [0.3, 0.4) is 0 Å². The summed E-state index contributed by atoms with van der Waals surface area (Å²) in [5, 5.41) is 8.87. The van der Waals surface area contributed by atoms with Gasteiger partial charge in [0.05, 0.1) is 6.42 Å². The summed E-state index contributed by atoms with van der Waals surface area (Å²) in [6.07, 6.45) is 0.0813. The number of rotatable bonds is 5. The second kappa shape index (κ2) is 6.26. The average Bonchev–Trinajstić information content (AvgIpc) is 2.38. The van der Waals surface area contributed by atoms with E-state index >= 15 is 0 Å². The van der Waals surface area contributed by atoms with Crippen molar-refractivity contribution >= 4 is 17.7 Å². The Morgan fingerprint density at radius 2 is 1.67 bits per heavy atom. The molecule has 92 valence electrons. The first-order chi connectivity index (χ1) is 8.75. The summed E-state index contributed by atoms with van der Waals surface area (Å²) >= 11 is 1.68. The zero-order chi connectivity index (χ0) is 12.8. The Hall–Kier alpha value is -1.74. The van der Waals surface area contributed by atoms with Gasteiger partial charge in [0.25, 0.3) is 0 Å². The normalized spacial score (nSPS) is 10.2. The largest absolute Gasteiger partial charge is 0.481 e. The van der Waals surface area contributed by atoms with Gasteiger partial charge in [-0.15, -0.1) is 11.8 Å². The molecule has 0 aliphatic carbocycles. The van der Waals surface area contributed by atoms with E-state index < -0.39 is 5.97 Å². The number of thioether (sulfide) groups is 1. The zero-order valence-corrected chi connectivity index (χ0v) is 10.7. The maximum atomic E-state index is 10.8. The quantitative estimate of drug-likeness (QED) is 0.832. The van der Waals surface area contributed by atoms with Gasteiger partial charge in [0.2, 0.25) is 0 Å². The van der Waals surface area contributed by atoms with Gasteiger partial charge in [-0.25, -0.2) is 0 Å². The minimum atomic E-state index is -0.789. The fraction of sp³-hybridized carbons (Fsp3) is 0.133. The molecule has 0 aliphatic heterocycles. The van der Waals surface area contributed by atoms with Crippen LogP contribution in [-0.2, 0) is 17.0 Å². The zero-order valence-electron chi connectivity index (χ0n) is 9.87. The summed E-state index contributed by atoms with van der Waals surface area (Å²) < 4.78 is 0. The average molecular weight is 258 g/mol. The van der Waals surface area contributed by atoms with Crippen molar-refractivity contribution in [1.29, 1.82) is 0 Å². The number of carboxylic acids is 1. The third-order valence-corrected chi connectivity index (χ3v) is 3.74. The Bertz CT molecular complexity index is 523. The van der Waals surface area contributed by atoms with Crippen LogP contribution in [0.4, 0.5) is 0 Å². The Kier molecular flexibility index (Phi) is 4.42. The van der Waals surface area contributed by atoms with Crippen LogP contribution in [0, 0.1) is 0 Å². The SMILES string of the molecule is O=C(O)Cc1ccccc1SCc1ccccc1. The van der Waals surface area contributed by atoms with E-state index in [2.05, 4.69) is 12.1 Å². The summed E-state index contributed by atoms with van der Waals surface area (Å²) in [7, 11) is 0. The van der Waals surface area contributed by atoms with Gasteiger partial charge in [0, 0.05) is 10.6 Å². The smallest absolute Gasteiger partial charge is 0.307 e. The molecule has 0 aromatic heterocycles. The highest BCUT2D eigenvalue weighted by Gasteiger charge is 2.06. The van der Waals surface area contributed by atoms with E-state index in [1.165, 1.54) is 5.56 Å². The molecule has 0 heterocycles. The highest BCUT2D eigenvalue weighted by molar-refractivity contribution is 7.98. The number of carbonyl (C=O) groups is 1. The molecule has 1 N–H and O–H groups in total. The van der Waals surface area contributed by atoms with Crippen molar-refractivity contribution in [2.75, 3.05) is 0 Å². The van der Waals surface area contributed by atoms with Gasteiger partial charge in [-0.3, -0.25) is 4.79 Å². The molecule has 0 bridgehead atoms. The molecule has 0 fully saturated rings. The van der Waals surface area contributed by atoms with Crippen LogP contribution in [-0.4, -0.2) is 11.1 Å².